The summed E-state index contributed by atoms with van der Waals surface area (Å²) >= 11 is 0. The summed E-state index contributed by atoms with van der Waals surface area (Å²) in [6.45, 7) is 30.2. The second-order valence-electron chi connectivity index (χ2n) is 32.1. The van der Waals surface area contributed by atoms with Crippen molar-refractivity contribution in [2.75, 3.05) is 135 Å². The number of hydrogen-bond acceptors (Lipinski definition) is 17. The van der Waals surface area contributed by atoms with Crippen LogP contribution in [0.4, 0.5) is 28.9 Å². The Kier molecular flexibility index (Phi) is 28.3. The van der Waals surface area contributed by atoms with E-state index < -0.39 is 28.3 Å². The van der Waals surface area contributed by atoms with Crippen molar-refractivity contribution in [3.8, 4) is 79.4 Å². The monoisotopic (exact) mass is 1700 g/mol. The molecule has 652 valence electrons. The molecule has 125 heavy (non-hydrogen) atoms. The second-order valence-corrected chi connectivity index (χ2v) is 32.1. The zero-order valence-corrected chi connectivity index (χ0v) is 73.2. The maximum Gasteiger partial charge on any atom is 0.221 e. The summed E-state index contributed by atoms with van der Waals surface area (Å²) in [6, 6.07) is 46.8. The highest BCUT2D eigenvalue weighted by Gasteiger charge is 2.36. The molecule has 0 saturated carbocycles. The average Bonchev–Trinajstić information content (AvgIpc) is 0.724. The molecule has 8 aromatic carbocycles. The normalized spacial score (nSPS) is 15.6. The zero-order valence-electron chi connectivity index (χ0n) is 73.2. The van der Waals surface area contributed by atoms with Crippen molar-refractivity contribution in [2.45, 2.75) is 114 Å². The maximum atomic E-state index is 15.2. The Labute approximate surface area is 728 Å². The minimum atomic E-state index is -0.918. The van der Waals surface area contributed by atoms with Crippen LogP contribution in [0.5, 0.6) is 34.5 Å². The number of anilines is 2. The number of aryl methyl sites for hydroxylation is 7. The number of para-hydroxylation sites is 2. The number of rotatable bonds is 20. The van der Waals surface area contributed by atoms with Gasteiger partial charge in [-0.2, -0.15) is 0 Å². The summed E-state index contributed by atoms with van der Waals surface area (Å²) in [5.74, 6) is 3.70. The number of methoxy groups -OCH3 is 1. The third kappa shape index (κ3) is 19.3. The van der Waals surface area contributed by atoms with Crippen molar-refractivity contribution in [2.24, 2.45) is 0 Å². The Morgan fingerprint density at radius 1 is 0.480 bits per heavy atom. The molecule has 0 radical (unpaired) electrons. The molecule has 1 fully saturated rings. The molecule has 8 aromatic rings. The average molecular weight is 1700 g/mol. The van der Waals surface area contributed by atoms with Gasteiger partial charge < -0.3 is 66.0 Å². The largest absolute Gasteiger partial charge is 0.490 e. The van der Waals surface area contributed by atoms with Crippen LogP contribution in [0, 0.1) is 64.8 Å². The van der Waals surface area contributed by atoms with Gasteiger partial charge >= 0.3 is 0 Å². The molecule has 17 rings (SSSR count). The van der Waals surface area contributed by atoms with E-state index in [9.17, 15) is 22.8 Å². The molecule has 0 aromatic heterocycles. The lowest BCUT2D eigenvalue weighted by Gasteiger charge is -2.40. The van der Waals surface area contributed by atoms with Gasteiger partial charge in [0.25, 0.3) is 0 Å². The first-order valence-corrected chi connectivity index (χ1v) is 43.6. The first-order chi connectivity index (χ1) is 60.7. The molecule has 0 N–H and O–H groups in total. The number of allylic oxidation sites excluding steroid dienone is 1. The third-order valence-electron chi connectivity index (χ3n) is 24.1. The number of ether oxygens (including phenoxy) is 10. The van der Waals surface area contributed by atoms with Gasteiger partial charge in [0, 0.05) is 112 Å². The van der Waals surface area contributed by atoms with Crippen molar-refractivity contribution in [1.82, 2.24) is 4.90 Å². The maximum absolute atomic E-state index is 15.2. The molecular formula is C104H109F4N3O14. The first-order valence-electron chi connectivity index (χ1n) is 43.6. The van der Waals surface area contributed by atoms with Crippen molar-refractivity contribution >= 4 is 38.9 Å². The number of likely N-dealkylation sites (tertiary alicyclic amines) is 1. The molecule has 3 aliphatic carbocycles. The van der Waals surface area contributed by atoms with Gasteiger partial charge in [-0.25, -0.2) is 17.6 Å². The fourth-order valence-corrected chi connectivity index (χ4v) is 17.5. The molecule has 6 aliphatic heterocycles. The SMILES string of the molecule is CCN1CCCc2cc3c(cc21)OC1=CC2C(=CC1=C3c1ccc(C)c(OCCOc3ccccc3C)c1)CCCN2CC.CCc1c2oc3c(CC)c(C)c(F)cc3c(-c3ccc(C)c(OCCOc4ccccc4C)c3)c-2cc(F)c1=O.COCCN1CCOCCOCCOCCOc2cc(-c3c4cc(F)c(=O)cc-4oc4cc(C)c(F)cc34)ccc21. The Bertz CT molecular complexity index is 6110. The van der Waals surface area contributed by atoms with E-state index >= 15 is 4.39 Å². The van der Waals surface area contributed by atoms with Crippen LogP contribution < -0.4 is 49.1 Å². The smallest absolute Gasteiger partial charge is 0.221 e. The summed E-state index contributed by atoms with van der Waals surface area (Å²) in [5, 5.41) is 0.967. The topological polar surface area (TPSA) is 162 Å². The summed E-state index contributed by atoms with van der Waals surface area (Å²) in [5.41, 5.74) is 18.6. The van der Waals surface area contributed by atoms with Crippen molar-refractivity contribution in [3.05, 3.63) is 286 Å². The molecule has 1 unspecified atom stereocenters. The van der Waals surface area contributed by atoms with Crippen molar-refractivity contribution in [3.63, 3.8) is 0 Å². The van der Waals surface area contributed by atoms with E-state index in [4.69, 9.17) is 56.2 Å². The van der Waals surface area contributed by atoms with Gasteiger partial charge in [0.05, 0.1) is 58.0 Å². The number of nitrogens with zero attached hydrogens (tertiary/aromatic N) is 3. The highest BCUT2D eigenvalue weighted by Crippen LogP contribution is 2.51. The first kappa shape index (κ1) is 88.2. The van der Waals surface area contributed by atoms with Gasteiger partial charge in [-0.1, -0.05) is 87.5 Å². The highest BCUT2D eigenvalue weighted by atomic mass is 19.1. The van der Waals surface area contributed by atoms with Crippen molar-refractivity contribution < 1.29 is 73.8 Å². The van der Waals surface area contributed by atoms with Crippen LogP contribution in [0.2, 0.25) is 0 Å². The van der Waals surface area contributed by atoms with Gasteiger partial charge in [-0.05, 0) is 246 Å². The Morgan fingerprint density at radius 3 is 1.76 bits per heavy atom. The van der Waals surface area contributed by atoms with E-state index in [2.05, 4.69) is 90.9 Å². The van der Waals surface area contributed by atoms with Crippen LogP contribution in [0.1, 0.15) is 108 Å². The van der Waals surface area contributed by atoms with Crippen LogP contribution in [0.3, 0.4) is 0 Å². The number of hydrogen-bond donors (Lipinski definition) is 0. The van der Waals surface area contributed by atoms with E-state index in [0.717, 1.165) is 113 Å². The minimum absolute atomic E-state index is 0.205. The van der Waals surface area contributed by atoms with Crippen molar-refractivity contribution in [1.29, 1.82) is 0 Å². The predicted molar refractivity (Wildman–Crippen MR) is 485 cm³/mol. The summed E-state index contributed by atoms with van der Waals surface area (Å²) in [7, 11) is 1.64. The fraction of sp³-hybridized carbons (Fsp3) is 0.346. The van der Waals surface area contributed by atoms with E-state index in [1.54, 1.807) is 33.9 Å². The Hall–Kier alpha value is -11.7. The molecular weight excluding hydrogens is 1590 g/mol. The molecule has 0 spiro atoms. The molecule has 1 atom stereocenters. The lowest BCUT2D eigenvalue weighted by Crippen LogP contribution is -2.41. The van der Waals surface area contributed by atoms with Gasteiger partial charge in [-0.15, -0.1) is 0 Å². The molecule has 17 nitrogen and oxygen atoms in total. The van der Waals surface area contributed by atoms with Crippen LogP contribution in [-0.4, -0.2) is 137 Å². The summed E-state index contributed by atoms with van der Waals surface area (Å²) in [4.78, 5) is 32.0. The molecule has 1 saturated heterocycles. The van der Waals surface area contributed by atoms with E-state index in [1.165, 1.54) is 64.6 Å². The van der Waals surface area contributed by atoms with Gasteiger partial charge in [0.1, 0.15) is 108 Å². The van der Waals surface area contributed by atoms with E-state index in [0.29, 0.717) is 194 Å². The molecule has 0 bridgehead atoms. The molecule has 0 amide bonds. The van der Waals surface area contributed by atoms with Crippen LogP contribution in [0.25, 0.3) is 72.4 Å². The Morgan fingerprint density at radius 2 is 1.09 bits per heavy atom. The van der Waals surface area contributed by atoms with Crippen LogP contribution in [-0.2, 0) is 38.2 Å². The number of halogens is 4. The standard InChI is InChI=1S/C39H44N2O3.C34H32F2O4.C31H33F2NO7/c1-5-40-17-9-12-28-21-31-37(24-33(28)40)44-38-25-34-29(13-10-18-41(34)6-2)22-32(38)39(31)30-16-15-27(4)36(23-30)43-20-19-42-35-14-8-7-11-26(35)3;1-6-23-21(5)27(35)17-25-31(26-18-28(36)32(37)24(7-2)34(26)40-33(23)25)22-13-12-20(4)30(16-22)39-15-14-38-29-11-9-8-10-19(29)3;1-20-15-28-22(17-24(20)32)31(23-18-25(33)27(35)19-29(23)41-28)21-3-4-26-30(16-21)40-14-13-39-12-11-38-10-9-37-8-6-34(26)5-7-36-2/h7-8,11,14-16,21-25,33H,5-6,9-10,12-13,17-20H2,1-4H3;8-13,16-18H,6-7,14-15H2,1-5H3;3-4,15-19H,5-14H2,1-2H3. The summed E-state index contributed by atoms with van der Waals surface area (Å²) < 4.78 is 132. The quantitative estimate of drug-likeness (QED) is 0.0402. The van der Waals surface area contributed by atoms with E-state index in [1.807, 2.05) is 99.6 Å². The minimum Gasteiger partial charge on any atom is -0.490 e. The number of fused-ring (bicyclic) bond motifs is 9. The lowest BCUT2D eigenvalue weighted by molar-refractivity contribution is 0.0110. The molecule has 6 heterocycles. The van der Waals surface area contributed by atoms with E-state index in [-0.39, 0.29) is 23.7 Å². The Balaban J connectivity index is 0.000000145. The second kappa shape index (κ2) is 40.1. The van der Waals surface area contributed by atoms with Gasteiger partial charge in [0.15, 0.2) is 11.6 Å². The lowest BCUT2D eigenvalue weighted by atomic mass is 9.81. The molecule has 9 aliphatic rings. The summed E-state index contributed by atoms with van der Waals surface area (Å²) in [6.07, 6.45) is 10.3. The number of benzene rings is 10. The zero-order chi connectivity index (χ0) is 87.5. The number of likely N-dealkylation sites (N-methyl/N-ethyl adjacent to an activating group) is 1. The highest BCUT2D eigenvalue weighted by molar-refractivity contribution is 6.05. The molecule has 21 heteroatoms. The predicted octanol–water partition coefficient (Wildman–Crippen LogP) is 21.4. The van der Waals surface area contributed by atoms with Gasteiger partial charge in [0.2, 0.25) is 10.9 Å². The van der Waals surface area contributed by atoms with Gasteiger partial charge in [-0.3, -0.25) is 14.5 Å². The third-order valence-corrected chi connectivity index (χ3v) is 24.1. The fourth-order valence-electron chi connectivity index (χ4n) is 17.5. The van der Waals surface area contributed by atoms with Crippen LogP contribution >= 0.6 is 0 Å². The number of piperidine rings is 1. The van der Waals surface area contributed by atoms with Crippen LogP contribution in [0.15, 0.2) is 199 Å².